The van der Waals surface area contributed by atoms with E-state index in [1.54, 1.807) is 0 Å². The van der Waals surface area contributed by atoms with Crippen LogP contribution >= 0.6 is 24.0 Å². The Morgan fingerprint density at radius 2 is 1.75 bits per heavy atom. The number of aliphatic imine (C=N–C) groups is 1. The van der Waals surface area contributed by atoms with E-state index in [1.165, 1.54) is 0 Å². The Balaban J connectivity index is 0.00000729. The average molecular weight is 543 g/mol. The van der Waals surface area contributed by atoms with Gasteiger partial charge < -0.3 is 15.5 Å². The molecule has 0 saturated carbocycles. The van der Waals surface area contributed by atoms with Crippen LogP contribution in [0.15, 0.2) is 4.99 Å². The fraction of sp³-hybridized carbons (Fsp3) is 0.938. The van der Waals surface area contributed by atoms with Crippen LogP contribution in [0, 0.1) is 5.41 Å². The highest BCUT2D eigenvalue weighted by molar-refractivity contribution is 14.0. The van der Waals surface area contributed by atoms with Crippen molar-refractivity contribution >= 4 is 40.0 Å². The van der Waals surface area contributed by atoms with Crippen molar-refractivity contribution in [2.24, 2.45) is 10.4 Å². The molecular weight excluding hydrogens is 510 g/mol. The molecule has 1 saturated heterocycles. The molecule has 1 fully saturated rings. The molecule has 0 aliphatic carbocycles. The average Bonchev–Trinajstić information content (AvgIpc) is 2.51. The van der Waals surface area contributed by atoms with Crippen molar-refractivity contribution in [1.82, 2.24) is 19.8 Å². The topological polar surface area (TPSA) is 77.0 Å². The van der Waals surface area contributed by atoms with Gasteiger partial charge in [-0.15, -0.1) is 24.0 Å². The molecule has 1 aliphatic heterocycles. The van der Waals surface area contributed by atoms with Crippen molar-refractivity contribution in [3.63, 3.8) is 0 Å². The van der Waals surface area contributed by atoms with Crippen molar-refractivity contribution < 1.29 is 21.6 Å². The monoisotopic (exact) mass is 543 g/mol. The number of hydrogen-bond donors (Lipinski definition) is 2. The molecular formula is C16H33F3IN5O2S. The van der Waals surface area contributed by atoms with Gasteiger partial charge in [-0.3, -0.25) is 4.99 Å². The lowest BCUT2D eigenvalue weighted by Crippen LogP contribution is -2.51. The predicted octanol–water partition coefficient (Wildman–Crippen LogP) is 2.06. The number of halogens is 4. The molecule has 12 heteroatoms. The summed E-state index contributed by atoms with van der Waals surface area (Å²) < 4.78 is 61.4. The molecule has 7 nitrogen and oxygen atoms in total. The molecule has 1 heterocycles. The first kappa shape index (κ1) is 27.7. The number of piperidine rings is 1. The van der Waals surface area contributed by atoms with Crippen LogP contribution in [0.3, 0.4) is 0 Å². The van der Waals surface area contributed by atoms with Gasteiger partial charge in [-0.2, -0.15) is 17.5 Å². The van der Waals surface area contributed by atoms with Crippen LogP contribution in [0.25, 0.3) is 0 Å². The maximum atomic E-state index is 12.7. The third-order valence-corrected chi connectivity index (χ3v) is 5.81. The van der Waals surface area contributed by atoms with E-state index in [2.05, 4.69) is 34.4 Å². The molecule has 2 N–H and O–H groups in total. The second-order valence-corrected chi connectivity index (χ2v) is 9.80. The minimum absolute atomic E-state index is 0. The summed E-state index contributed by atoms with van der Waals surface area (Å²) in [6.45, 7) is 7.94. The number of guanidine groups is 1. The molecule has 0 unspecified atom stereocenters. The van der Waals surface area contributed by atoms with Gasteiger partial charge in [0.15, 0.2) is 5.96 Å². The molecule has 0 aromatic carbocycles. The van der Waals surface area contributed by atoms with Gasteiger partial charge in [0, 0.05) is 38.8 Å². The highest BCUT2D eigenvalue weighted by Gasteiger charge is 2.50. The second kappa shape index (κ2) is 11.2. The van der Waals surface area contributed by atoms with E-state index in [1.807, 2.05) is 21.0 Å². The van der Waals surface area contributed by atoms with Crippen LogP contribution in [-0.2, 0) is 10.0 Å². The molecule has 1 rings (SSSR count). The van der Waals surface area contributed by atoms with E-state index in [9.17, 15) is 21.6 Å². The summed E-state index contributed by atoms with van der Waals surface area (Å²) in [5.74, 6) is 0.599. The third-order valence-electron chi connectivity index (χ3n) is 4.18. The van der Waals surface area contributed by atoms with Gasteiger partial charge in [-0.25, -0.2) is 8.42 Å². The SMILES string of the molecule is CCNC(=NCC(C)(C)CN(C)C)NC1CCN(S(=O)(=O)C(F)(F)F)CC1.I. The van der Waals surface area contributed by atoms with Crippen LogP contribution in [0.1, 0.15) is 33.6 Å². The van der Waals surface area contributed by atoms with E-state index in [0.717, 1.165) is 6.54 Å². The molecule has 0 amide bonds. The Morgan fingerprint density at radius 1 is 1.21 bits per heavy atom. The standard InChI is InChI=1S/C16H32F3N5O2S.HI/c1-6-20-14(21-11-15(2,3)12-23(4)5)22-13-7-9-24(10-8-13)27(25,26)16(17,18)19;/h13H,6-12H2,1-5H3,(H2,20,21,22);1H. The van der Waals surface area contributed by atoms with Crippen LogP contribution in [-0.4, -0.2) is 82.0 Å². The fourth-order valence-corrected chi connectivity index (χ4v) is 4.08. The number of hydrogen-bond acceptors (Lipinski definition) is 4. The molecule has 0 aromatic rings. The maximum absolute atomic E-state index is 12.7. The van der Waals surface area contributed by atoms with Crippen molar-refractivity contribution in [2.75, 3.05) is 46.8 Å². The number of nitrogens with one attached hydrogen (secondary N) is 2. The second-order valence-electron chi connectivity index (χ2n) is 7.87. The van der Waals surface area contributed by atoms with Gasteiger partial charge in [0.1, 0.15) is 0 Å². The maximum Gasteiger partial charge on any atom is 0.511 e. The Labute approximate surface area is 183 Å². The quantitative estimate of drug-likeness (QED) is 0.292. The third kappa shape index (κ3) is 8.57. The smallest absolute Gasteiger partial charge is 0.357 e. The van der Waals surface area contributed by atoms with E-state index >= 15 is 0 Å². The molecule has 0 radical (unpaired) electrons. The molecule has 168 valence electrons. The van der Waals surface area contributed by atoms with Gasteiger partial charge in [0.05, 0.1) is 0 Å². The van der Waals surface area contributed by atoms with E-state index in [-0.39, 0.29) is 48.5 Å². The van der Waals surface area contributed by atoms with E-state index < -0.39 is 15.5 Å². The van der Waals surface area contributed by atoms with Gasteiger partial charge in [-0.05, 0) is 39.3 Å². The first-order chi connectivity index (χ1) is 12.3. The molecule has 0 atom stereocenters. The van der Waals surface area contributed by atoms with Crippen molar-refractivity contribution in [2.45, 2.75) is 45.2 Å². The molecule has 1 aliphatic rings. The van der Waals surface area contributed by atoms with Crippen LogP contribution in [0.4, 0.5) is 13.2 Å². The summed E-state index contributed by atoms with van der Waals surface area (Å²) in [4.78, 5) is 6.69. The molecule has 0 aromatic heterocycles. The highest BCUT2D eigenvalue weighted by atomic mass is 127. The highest BCUT2D eigenvalue weighted by Crippen LogP contribution is 2.29. The lowest BCUT2D eigenvalue weighted by atomic mass is 9.93. The van der Waals surface area contributed by atoms with Gasteiger partial charge in [0.2, 0.25) is 0 Å². The largest absolute Gasteiger partial charge is 0.511 e. The van der Waals surface area contributed by atoms with Crippen molar-refractivity contribution in [3.8, 4) is 0 Å². The summed E-state index contributed by atoms with van der Waals surface area (Å²) >= 11 is 0. The summed E-state index contributed by atoms with van der Waals surface area (Å²) in [6, 6.07) is -0.126. The molecule has 0 bridgehead atoms. The predicted molar refractivity (Wildman–Crippen MR) is 116 cm³/mol. The lowest BCUT2D eigenvalue weighted by molar-refractivity contribution is -0.0494. The zero-order valence-electron chi connectivity index (χ0n) is 17.1. The zero-order valence-corrected chi connectivity index (χ0v) is 20.3. The Morgan fingerprint density at radius 3 is 2.18 bits per heavy atom. The molecule has 0 spiro atoms. The number of sulfonamides is 1. The zero-order chi connectivity index (χ0) is 20.9. The minimum atomic E-state index is -5.25. The van der Waals surface area contributed by atoms with Crippen molar-refractivity contribution in [3.05, 3.63) is 0 Å². The van der Waals surface area contributed by atoms with Crippen LogP contribution in [0.5, 0.6) is 0 Å². The normalized spacial score (nSPS) is 18.1. The van der Waals surface area contributed by atoms with Crippen LogP contribution < -0.4 is 10.6 Å². The lowest BCUT2D eigenvalue weighted by Gasteiger charge is -2.33. The minimum Gasteiger partial charge on any atom is -0.357 e. The first-order valence-corrected chi connectivity index (χ1v) is 10.5. The Bertz CT molecular complexity index is 604. The Kier molecular flexibility index (Phi) is 11.0. The van der Waals surface area contributed by atoms with Gasteiger partial charge in [-0.1, -0.05) is 13.8 Å². The van der Waals surface area contributed by atoms with E-state index in [4.69, 9.17) is 0 Å². The number of rotatable bonds is 7. The summed E-state index contributed by atoms with van der Waals surface area (Å²) in [6.07, 6.45) is 0.585. The van der Waals surface area contributed by atoms with Gasteiger partial charge in [0.25, 0.3) is 0 Å². The van der Waals surface area contributed by atoms with Crippen LogP contribution in [0.2, 0.25) is 0 Å². The number of alkyl halides is 3. The summed E-state index contributed by atoms with van der Waals surface area (Å²) in [5.41, 5.74) is -5.28. The van der Waals surface area contributed by atoms with Gasteiger partial charge >= 0.3 is 15.5 Å². The molecule has 28 heavy (non-hydrogen) atoms. The first-order valence-electron chi connectivity index (χ1n) is 9.04. The van der Waals surface area contributed by atoms with E-state index in [0.29, 0.717) is 36.2 Å². The fourth-order valence-electron chi connectivity index (χ4n) is 3.10. The summed E-state index contributed by atoms with van der Waals surface area (Å²) in [7, 11) is -1.25. The Hall–Kier alpha value is -0.340. The van der Waals surface area contributed by atoms with Crippen molar-refractivity contribution in [1.29, 1.82) is 0 Å². The summed E-state index contributed by atoms with van der Waals surface area (Å²) in [5, 5.41) is 6.35. The number of nitrogens with zero attached hydrogens (tertiary/aromatic N) is 3.